The molecule has 1 aliphatic heterocycles. The Morgan fingerprint density at radius 1 is 1.67 bits per heavy atom. The molecule has 3 nitrogen and oxygen atoms in total. The van der Waals surface area contributed by atoms with Crippen LogP contribution < -0.4 is 4.90 Å². The van der Waals surface area contributed by atoms with E-state index < -0.39 is 0 Å². The smallest absolute Gasteiger partial charge is 0.185 e. The third kappa shape index (κ3) is 2.71. The van der Waals surface area contributed by atoms with E-state index >= 15 is 0 Å². The monoisotopic (exact) mass is 290 g/mol. The topological polar surface area (TPSA) is 25.4 Å². The molecule has 1 fully saturated rings. The van der Waals surface area contributed by atoms with Gasteiger partial charge in [0, 0.05) is 23.8 Å². The fourth-order valence-electron chi connectivity index (χ4n) is 1.77. The molecular formula is C10H15BrN2OS. The number of aryl methyl sites for hydroxylation is 1. The first-order valence-corrected chi connectivity index (χ1v) is 7.07. The summed E-state index contributed by atoms with van der Waals surface area (Å²) in [4.78, 5) is 6.83. The van der Waals surface area contributed by atoms with Gasteiger partial charge in [-0.05, 0) is 13.8 Å². The summed E-state index contributed by atoms with van der Waals surface area (Å²) < 4.78 is 5.78. The SMILES string of the molecule is Cc1csc(N2CC(C)OC(CBr)C2)n1. The molecule has 2 rings (SSSR count). The molecule has 0 aliphatic carbocycles. The molecule has 15 heavy (non-hydrogen) atoms. The zero-order chi connectivity index (χ0) is 10.8. The number of halogens is 1. The molecule has 1 aromatic heterocycles. The summed E-state index contributed by atoms with van der Waals surface area (Å²) in [5, 5.41) is 4.10. The number of hydrogen-bond acceptors (Lipinski definition) is 4. The molecule has 0 amide bonds. The Labute approximate surface area is 103 Å². The Kier molecular flexibility index (Phi) is 3.64. The lowest BCUT2D eigenvalue weighted by molar-refractivity contribution is -0.00200. The molecule has 5 heteroatoms. The van der Waals surface area contributed by atoms with Gasteiger partial charge >= 0.3 is 0 Å². The molecule has 0 N–H and O–H groups in total. The number of nitrogens with zero attached hydrogens (tertiary/aromatic N) is 2. The first-order chi connectivity index (χ1) is 7.19. The zero-order valence-electron chi connectivity index (χ0n) is 8.94. The highest BCUT2D eigenvalue weighted by atomic mass is 79.9. The van der Waals surface area contributed by atoms with E-state index in [1.165, 1.54) is 0 Å². The number of aromatic nitrogens is 1. The number of anilines is 1. The van der Waals surface area contributed by atoms with E-state index in [1.807, 2.05) is 6.92 Å². The van der Waals surface area contributed by atoms with Gasteiger partial charge in [0.1, 0.15) is 0 Å². The lowest BCUT2D eigenvalue weighted by Crippen LogP contribution is -2.47. The van der Waals surface area contributed by atoms with Crippen molar-refractivity contribution in [2.75, 3.05) is 23.3 Å². The molecule has 1 aromatic rings. The van der Waals surface area contributed by atoms with Crippen LogP contribution in [0.5, 0.6) is 0 Å². The van der Waals surface area contributed by atoms with Gasteiger partial charge in [-0.1, -0.05) is 15.9 Å². The minimum Gasteiger partial charge on any atom is -0.371 e. The number of morpholine rings is 1. The van der Waals surface area contributed by atoms with Crippen LogP contribution in [0.25, 0.3) is 0 Å². The average molecular weight is 291 g/mol. The van der Waals surface area contributed by atoms with Crippen molar-refractivity contribution in [3.63, 3.8) is 0 Å². The van der Waals surface area contributed by atoms with Crippen LogP contribution in [0.2, 0.25) is 0 Å². The number of rotatable bonds is 2. The van der Waals surface area contributed by atoms with E-state index in [9.17, 15) is 0 Å². The van der Waals surface area contributed by atoms with Crippen molar-refractivity contribution in [3.8, 4) is 0 Å². The molecule has 0 saturated carbocycles. The fourth-order valence-corrected chi connectivity index (χ4v) is 2.95. The lowest BCUT2D eigenvalue weighted by atomic mass is 10.2. The Morgan fingerprint density at radius 2 is 2.47 bits per heavy atom. The maximum Gasteiger partial charge on any atom is 0.185 e. The molecule has 0 spiro atoms. The first-order valence-electron chi connectivity index (χ1n) is 5.07. The van der Waals surface area contributed by atoms with Gasteiger partial charge < -0.3 is 9.64 Å². The van der Waals surface area contributed by atoms with E-state index in [4.69, 9.17) is 4.74 Å². The fraction of sp³-hybridized carbons (Fsp3) is 0.700. The van der Waals surface area contributed by atoms with Crippen molar-refractivity contribution < 1.29 is 4.74 Å². The number of alkyl halides is 1. The minimum atomic E-state index is 0.276. The number of ether oxygens (including phenoxy) is 1. The van der Waals surface area contributed by atoms with Crippen molar-refractivity contribution in [2.45, 2.75) is 26.1 Å². The molecule has 84 valence electrons. The average Bonchev–Trinajstić information content (AvgIpc) is 2.64. The summed E-state index contributed by atoms with van der Waals surface area (Å²) in [5.41, 5.74) is 1.10. The van der Waals surface area contributed by atoms with E-state index in [0.717, 1.165) is 29.2 Å². The summed E-state index contributed by atoms with van der Waals surface area (Å²) in [6.07, 6.45) is 0.559. The van der Waals surface area contributed by atoms with E-state index in [-0.39, 0.29) is 12.2 Å². The van der Waals surface area contributed by atoms with Gasteiger partial charge in [-0.25, -0.2) is 4.98 Å². The van der Waals surface area contributed by atoms with Crippen LogP contribution in [-0.2, 0) is 4.74 Å². The predicted molar refractivity (Wildman–Crippen MR) is 67.2 cm³/mol. The van der Waals surface area contributed by atoms with Crippen LogP contribution in [-0.4, -0.2) is 35.6 Å². The normalized spacial score (nSPS) is 27.0. The molecule has 2 atom stereocenters. The van der Waals surface area contributed by atoms with Gasteiger partial charge in [0.2, 0.25) is 0 Å². The van der Waals surface area contributed by atoms with E-state index in [2.05, 4.69) is 38.1 Å². The minimum absolute atomic E-state index is 0.276. The standard InChI is InChI=1S/C10H15BrN2OS/c1-7-6-15-10(12-7)13-4-8(2)14-9(3-11)5-13/h6,8-9H,3-5H2,1-2H3. The summed E-state index contributed by atoms with van der Waals surface area (Å²) in [6, 6.07) is 0. The Balaban J connectivity index is 2.08. The second kappa shape index (κ2) is 4.80. The third-order valence-corrected chi connectivity index (χ3v) is 4.12. The Morgan fingerprint density at radius 3 is 3.07 bits per heavy atom. The molecule has 2 heterocycles. The lowest BCUT2D eigenvalue weighted by Gasteiger charge is -2.35. The van der Waals surface area contributed by atoms with Crippen LogP contribution in [0, 0.1) is 6.92 Å². The van der Waals surface area contributed by atoms with Crippen molar-refractivity contribution in [1.82, 2.24) is 4.98 Å². The zero-order valence-corrected chi connectivity index (χ0v) is 11.3. The Bertz CT molecular complexity index is 331. The summed E-state index contributed by atoms with van der Waals surface area (Å²) in [6.45, 7) is 6.02. The highest BCUT2D eigenvalue weighted by molar-refractivity contribution is 9.09. The van der Waals surface area contributed by atoms with Crippen molar-refractivity contribution in [1.29, 1.82) is 0 Å². The van der Waals surface area contributed by atoms with Crippen molar-refractivity contribution in [2.24, 2.45) is 0 Å². The summed E-state index contributed by atoms with van der Waals surface area (Å²) in [5.74, 6) is 0. The highest BCUT2D eigenvalue weighted by Crippen LogP contribution is 2.24. The second-order valence-corrected chi connectivity index (χ2v) is 5.38. The first kappa shape index (κ1) is 11.4. The molecule has 0 aromatic carbocycles. The van der Waals surface area contributed by atoms with Gasteiger partial charge in [-0.3, -0.25) is 0 Å². The van der Waals surface area contributed by atoms with Crippen LogP contribution in [0.4, 0.5) is 5.13 Å². The largest absolute Gasteiger partial charge is 0.371 e. The van der Waals surface area contributed by atoms with Crippen LogP contribution in [0.3, 0.4) is 0 Å². The molecule has 0 bridgehead atoms. The second-order valence-electron chi connectivity index (χ2n) is 3.90. The van der Waals surface area contributed by atoms with Crippen LogP contribution in [0.1, 0.15) is 12.6 Å². The van der Waals surface area contributed by atoms with Crippen molar-refractivity contribution in [3.05, 3.63) is 11.1 Å². The summed E-state index contributed by atoms with van der Waals surface area (Å²) in [7, 11) is 0. The third-order valence-electron chi connectivity index (χ3n) is 2.38. The highest BCUT2D eigenvalue weighted by Gasteiger charge is 2.25. The maximum atomic E-state index is 5.78. The van der Waals surface area contributed by atoms with Crippen LogP contribution in [0.15, 0.2) is 5.38 Å². The van der Waals surface area contributed by atoms with Gasteiger partial charge in [0.25, 0.3) is 0 Å². The number of thiazole rings is 1. The molecule has 0 radical (unpaired) electrons. The van der Waals surface area contributed by atoms with Gasteiger partial charge in [-0.15, -0.1) is 11.3 Å². The molecular weight excluding hydrogens is 276 g/mol. The van der Waals surface area contributed by atoms with Crippen LogP contribution >= 0.6 is 27.3 Å². The molecule has 1 saturated heterocycles. The van der Waals surface area contributed by atoms with Gasteiger partial charge in [0.15, 0.2) is 5.13 Å². The molecule has 2 unspecified atom stereocenters. The van der Waals surface area contributed by atoms with E-state index in [1.54, 1.807) is 11.3 Å². The van der Waals surface area contributed by atoms with Gasteiger partial charge in [-0.2, -0.15) is 0 Å². The maximum absolute atomic E-state index is 5.78. The predicted octanol–water partition coefficient (Wildman–Crippen LogP) is 2.44. The van der Waals surface area contributed by atoms with Gasteiger partial charge in [0.05, 0.1) is 17.9 Å². The molecule has 1 aliphatic rings. The van der Waals surface area contributed by atoms with Crippen molar-refractivity contribution >= 4 is 32.4 Å². The Hall–Kier alpha value is -0.130. The number of hydrogen-bond donors (Lipinski definition) is 0. The quantitative estimate of drug-likeness (QED) is 0.783. The van der Waals surface area contributed by atoms with E-state index in [0.29, 0.717) is 0 Å². The summed E-state index contributed by atoms with van der Waals surface area (Å²) >= 11 is 5.19.